The van der Waals surface area contributed by atoms with Gasteiger partial charge in [-0.3, -0.25) is 19.2 Å². The maximum atomic E-state index is 13.3. The summed E-state index contributed by atoms with van der Waals surface area (Å²) in [5, 5.41) is 98.5. The molecule has 0 spiro atoms. The second-order valence-corrected chi connectivity index (χ2v) is 8.82. The highest BCUT2D eigenvalue weighted by atomic mass is 16.3. The molecular weight excluding hydrogens is 560 g/mol. The number of phenols is 10. The Morgan fingerprint density at radius 3 is 0.881 bits per heavy atom. The van der Waals surface area contributed by atoms with Crippen molar-refractivity contribution in [2.75, 3.05) is 0 Å². The van der Waals surface area contributed by atoms with Crippen molar-refractivity contribution in [1.29, 1.82) is 0 Å². The summed E-state index contributed by atoms with van der Waals surface area (Å²) in [6, 6.07) is 5.23. The summed E-state index contributed by atoms with van der Waals surface area (Å²) < 4.78 is 0. The Kier molecular flexibility index (Phi) is 6.99. The van der Waals surface area contributed by atoms with Crippen molar-refractivity contribution < 1.29 is 70.2 Å². The fraction of sp³-hybridized carbons (Fsp3) is 0. The number of hydrogen-bond donors (Lipinski definition) is 10. The van der Waals surface area contributed by atoms with Crippen LogP contribution in [0.25, 0.3) is 11.1 Å². The van der Waals surface area contributed by atoms with Gasteiger partial charge in [-0.05, 0) is 59.7 Å². The molecule has 0 aliphatic rings. The molecule has 0 saturated carbocycles. The molecule has 42 heavy (non-hydrogen) atoms. The van der Waals surface area contributed by atoms with Crippen molar-refractivity contribution in [2.24, 2.45) is 0 Å². The third-order valence-corrected chi connectivity index (χ3v) is 6.09. The third-order valence-electron chi connectivity index (χ3n) is 6.09. The lowest BCUT2D eigenvalue weighted by molar-refractivity contribution is 0.0815. The molecular formula is C28H18O14. The zero-order valence-corrected chi connectivity index (χ0v) is 20.7. The summed E-state index contributed by atoms with van der Waals surface area (Å²) in [7, 11) is 0. The first-order valence-corrected chi connectivity index (χ1v) is 11.4. The van der Waals surface area contributed by atoms with Gasteiger partial charge in [0, 0.05) is 22.3 Å². The Balaban J connectivity index is 1.91. The lowest BCUT2D eigenvalue weighted by Crippen LogP contribution is -2.18. The van der Waals surface area contributed by atoms with Gasteiger partial charge in [0.15, 0.2) is 57.5 Å². The van der Waals surface area contributed by atoms with E-state index in [-0.39, 0.29) is 0 Å². The van der Waals surface area contributed by atoms with Crippen LogP contribution >= 0.6 is 0 Å². The fourth-order valence-electron chi connectivity index (χ4n) is 3.95. The molecule has 214 valence electrons. The topological polar surface area (TPSA) is 271 Å². The Morgan fingerprint density at radius 1 is 0.333 bits per heavy atom. The summed E-state index contributed by atoms with van der Waals surface area (Å²) in [5.41, 5.74) is -3.77. The molecule has 0 atom stereocenters. The van der Waals surface area contributed by atoms with Gasteiger partial charge >= 0.3 is 0 Å². The molecule has 0 fully saturated rings. The highest BCUT2D eigenvalue weighted by Gasteiger charge is 2.30. The van der Waals surface area contributed by atoms with Crippen molar-refractivity contribution in [3.8, 4) is 68.6 Å². The van der Waals surface area contributed by atoms with E-state index in [9.17, 15) is 70.2 Å². The molecule has 4 aromatic carbocycles. The maximum Gasteiger partial charge on any atom is 0.234 e. The van der Waals surface area contributed by atoms with Gasteiger partial charge in [-0.2, -0.15) is 0 Å². The van der Waals surface area contributed by atoms with Crippen LogP contribution in [0.5, 0.6) is 57.5 Å². The third kappa shape index (κ3) is 4.86. The minimum absolute atomic E-state index is 0.529. The van der Waals surface area contributed by atoms with Crippen LogP contribution in [0.15, 0.2) is 48.5 Å². The summed E-state index contributed by atoms with van der Waals surface area (Å²) in [6.45, 7) is 0. The highest BCUT2D eigenvalue weighted by molar-refractivity contribution is 6.52. The summed E-state index contributed by atoms with van der Waals surface area (Å²) >= 11 is 0. The average molecular weight is 578 g/mol. The number of carbonyl (C=O) groups is 4. The molecule has 14 nitrogen and oxygen atoms in total. The quantitative estimate of drug-likeness (QED) is 0.0857. The maximum absolute atomic E-state index is 13.3. The van der Waals surface area contributed by atoms with Crippen molar-refractivity contribution in [3.05, 3.63) is 70.8 Å². The second-order valence-electron chi connectivity index (χ2n) is 8.82. The van der Waals surface area contributed by atoms with Crippen molar-refractivity contribution in [1.82, 2.24) is 0 Å². The zero-order valence-electron chi connectivity index (χ0n) is 20.7. The van der Waals surface area contributed by atoms with Crippen LogP contribution in [0.2, 0.25) is 0 Å². The molecule has 0 aliphatic heterocycles. The van der Waals surface area contributed by atoms with Crippen molar-refractivity contribution in [3.63, 3.8) is 0 Å². The van der Waals surface area contributed by atoms with E-state index >= 15 is 0 Å². The van der Waals surface area contributed by atoms with Gasteiger partial charge in [-0.1, -0.05) is 0 Å². The van der Waals surface area contributed by atoms with Gasteiger partial charge < -0.3 is 51.1 Å². The minimum atomic E-state index is -1.46. The molecule has 0 saturated heterocycles. The van der Waals surface area contributed by atoms with Crippen LogP contribution in [0.3, 0.4) is 0 Å². The van der Waals surface area contributed by atoms with E-state index in [4.69, 9.17) is 0 Å². The van der Waals surface area contributed by atoms with Crippen LogP contribution in [-0.2, 0) is 0 Å². The molecule has 4 aromatic rings. The Hall–Kier alpha value is -6.44. The number of carbonyl (C=O) groups excluding carboxylic acids is 4. The van der Waals surface area contributed by atoms with Gasteiger partial charge in [0.1, 0.15) is 0 Å². The molecule has 0 heterocycles. The first-order chi connectivity index (χ1) is 19.6. The van der Waals surface area contributed by atoms with E-state index in [0.29, 0.717) is 48.5 Å². The van der Waals surface area contributed by atoms with E-state index < -0.39 is 114 Å². The van der Waals surface area contributed by atoms with Gasteiger partial charge in [0.25, 0.3) is 0 Å². The van der Waals surface area contributed by atoms with E-state index in [1.807, 2.05) is 0 Å². The monoisotopic (exact) mass is 578 g/mol. The molecule has 0 unspecified atom stereocenters. The highest BCUT2D eigenvalue weighted by Crippen LogP contribution is 2.42. The molecule has 0 aliphatic carbocycles. The number of hydrogen-bond acceptors (Lipinski definition) is 14. The first kappa shape index (κ1) is 28.6. The van der Waals surface area contributed by atoms with Crippen molar-refractivity contribution in [2.45, 2.75) is 0 Å². The molecule has 0 bridgehead atoms. The lowest BCUT2D eigenvalue weighted by Gasteiger charge is -2.15. The molecule has 0 radical (unpaired) electrons. The number of Topliss-reactive ketones (excluding diaryl/α,β-unsaturated/α-hetero) is 4. The summed E-state index contributed by atoms with van der Waals surface area (Å²) in [6.07, 6.45) is 0. The number of rotatable bonds is 7. The van der Waals surface area contributed by atoms with Crippen LogP contribution in [0.1, 0.15) is 41.4 Å². The molecule has 0 amide bonds. The number of benzene rings is 4. The first-order valence-electron chi connectivity index (χ1n) is 11.4. The molecule has 0 aromatic heterocycles. The molecule has 14 heteroatoms. The smallest absolute Gasteiger partial charge is 0.234 e. The van der Waals surface area contributed by atoms with Crippen LogP contribution in [0, 0.1) is 0 Å². The fourth-order valence-corrected chi connectivity index (χ4v) is 3.95. The predicted octanol–water partition coefficient (Wildman–Crippen LogP) is 2.54. The molecule has 4 rings (SSSR count). The second kappa shape index (κ2) is 10.3. The normalized spacial score (nSPS) is 10.8. The average Bonchev–Trinajstić information content (AvgIpc) is 2.94. The Morgan fingerprint density at radius 2 is 0.595 bits per heavy atom. The largest absolute Gasteiger partial charge is 0.504 e. The Bertz CT molecular complexity index is 1670. The SMILES string of the molecule is O=C(C(=O)c1cc(O)c(O)cc1-c1cc(O)c(O)cc1C(=O)C(=O)c1cc(O)c(O)c(O)c1)c1cc(O)c(O)c(O)c1. The predicted molar refractivity (Wildman–Crippen MR) is 139 cm³/mol. The van der Waals surface area contributed by atoms with E-state index in [1.165, 1.54) is 0 Å². The van der Waals surface area contributed by atoms with Gasteiger partial charge in [-0.25, -0.2) is 0 Å². The standard InChI is InChI=1S/C28H18O14/c29-15-5-11(13(7-17(15)31)25(39)23(37)9-1-19(33)27(41)20(34)2-9)12-6-16(30)18(32)8-14(12)26(40)24(38)10-3-21(35)28(42)22(36)4-10/h1-8,29-36,41-42H. The summed E-state index contributed by atoms with van der Waals surface area (Å²) in [5.74, 6) is -15.2. The molecule has 10 N–H and O–H groups in total. The number of phenolic OH excluding ortho intramolecular Hbond substituents is 10. The van der Waals surface area contributed by atoms with E-state index in [1.54, 1.807) is 0 Å². The lowest BCUT2D eigenvalue weighted by atomic mass is 9.87. The minimum Gasteiger partial charge on any atom is -0.504 e. The van der Waals surface area contributed by atoms with Crippen molar-refractivity contribution >= 4 is 23.1 Å². The number of ketones is 4. The van der Waals surface area contributed by atoms with E-state index in [2.05, 4.69) is 0 Å². The van der Waals surface area contributed by atoms with Crippen LogP contribution in [0.4, 0.5) is 0 Å². The van der Waals surface area contributed by atoms with Gasteiger partial charge in [0.2, 0.25) is 23.1 Å². The van der Waals surface area contributed by atoms with Gasteiger partial charge in [0.05, 0.1) is 0 Å². The van der Waals surface area contributed by atoms with Crippen LogP contribution in [-0.4, -0.2) is 74.2 Å². The van der Waals surface area contributed by atoms with Crippen LogP contribution < -0.4 is 0 Å². The van der Waals surface area contributed by atoms with E-state index in [0.717, 1.165) is 0 Å². The summed E-state index contributed by atoms with van der Waals surface area (Å²) in [4.78, 5) is 52.6. The van der Waals surface area contributed by atoms with Gasteiger partial charge in [-0.15, -0.1) is 0 Å². The number of aromatic hydroxyl groups is 10. The Labute approximate surface area is 233 Å². The zero-order chi connectivity index (χ0) is 31.2.